The van der Waals surface area contributed by atoms with Crippen molar-refractivity contribution >= 4 is 22.1 Å². The maximum atomic E-state index is 12.3. The van der Waals surface area contributed by atoms with Gasteiger partial charge in [0.1, 0.15) is 5.54 Å². The van der Waals surface area contributed by atoms with Gasteiger partial charge in [0.25, 0.3) is 5.91 Å². The molecule has 2 rings (SSSR count). The zero-order valence-corrected chi connectivity index (χ0v) is 11.7. The number of amides is 1. The van der Waals surface area contributed by atoms with E-state index in [4.69, 9.17) is 0 Å². The molecule has 0 aromatic carbocycles. The van der Waals surface area contributed by atoms with Crippen LogP contribution in [0.4, 0.5) is 0 Å². The molecular formula is C11H18N2O5S. The van der Waals surface area contributed by atoms with Gasteiger partial charge in [-0.1, -0.05) is 19.3 Å². The Labute approximate surface area is 112 Å². The second kappa shape index (κ2) is 5.09. The Kier molecular flexibility index (Phi) is 3.82. The Morgan fingerprint density at radius 1 is 1.37 bits per heavy atom. The molecule has 0 radical (unpaired) electrons. The van der Waals surface area contributed by atoms with Crippen molar-refractivity contribution in [3.63, 3.8) is 0 Å². The van der Waals surface area contributed by atoms with Crippen molar-refractivity contribution in [1.29, 1.82) is 0 Å². The molecule has 2 aliphatic rings. The third-order valence-electron chi connectivity index (χ3n) is 3.70. The topological polar surface area (TPSA) is 92.8 Å². The van der Waals surface area contributed by atoms with Crippen molar-refractivity contribution in [3.8, 4) is 0 Å². The van der Waals surface area contributed by atoms with E-state index >= 15 is 0 Å². The maximum Gasteiger partial charge on any atom is 0.307 e. The third-order valence-corrected chi connectivity index (χ3v) is 5.28. The second-order valence-corrected chi connectivity index (χ2v) is 6.55. The molecule has 0 aromatic heterocycles. The van der Waals surface area contributed by atoms with Gasteiger partial charge in [0.2, 0.25) is 0 Å². The van der Waals surface area contributed by atoms with Crippen LogP contribution in [0.25, 0.3) is 0 Å². The summed E-state index contributed by atoms with van der Waals surface area (Å²) >= 11 is 0. The van der Waals surface area contributed by atoms with Gasteiger partial charge in [-0.15, -0.1) is 0 Å². The number of ether oxygens (including phenoxy) is 1. The summed E-state index contributed by atoms with van der Waals surface area (Å²) in [6.45, 7) is -0.164. The van der Waals surface area contributed by atoms with Gasteiger partial charge in [-0.25, -0.2) is 4.31 Å². The Hall–Kier alpha value is -1.15. The van der Waals surface area contributed by atoms with E-state index in [9.17, 15) is 18.0 Å². The predicted molar refractivity (Wildman–Crippen MR) is 66.2 cm³/mol. The summed E-state index contributed by atoms with van der Waals surface area (Å²) in [5.41, 5.74) is -0.979. The SMILES string of the molecule is COC(=O)CCN1C(=O)C2(CCCCC2)NS1(=O)=O. The Bertz CT molecular complexity index is 481. The van der Waals surface area contributed by atoms with Gasteiger partial charge in [0, 0.05) is 6.54 Å². The second-order valence-electron chi connectivity index (χ2n) is 4.95. The summed E-state index contributed by atoms with van der Waals surface area (Å²) in [7, 11) is -2.60. The summed E-state index contributed by atoms with van der Waals surface area (Å²) in [5, 5.41) is 0. The summed E-state index contributed by atoms with van der Waals surface area (Å²) in [6, 6.07) is 0. The number of rotatable bonds is 3. The van der Waals surface area contributed by atoms with E-state index in [0.29, 0.717) is 12.8 Å². The molecule has 1 amide bonds. The quantitative estimate of drug-likeness (QED) is 0.734. The molecule has 1 N–H and O–H groups in total. The number of nitrogens with zero attached hydrogens (tertiary/aromatic N) is 1. The number of hydrogen-bond donors (Lipinski definition) is 1. The van der Waals surface area contributed by atoms with Crippen LogP contribution in [-0.2, 0) is 24.5 Å². The molecule has 0 bridgehead atoms. The Balaban J connectivity index is 2.15. The first-order chi connectivity index (χ1) is 8.91. The molecular weight excluding hydrogens is 272 g/mol. The van der Waals surface area contributed by atoms with Crippen molar-refractivity contribution in [1.82, 2.24) is 9.03 Å². The molecule has 1 aliphatic carbocycles. The van der Waals surface area contributed by atoms with Crippen LogP contribution in [0.3, 0.4) is 0 Å². The van der Waals surface area contributed by atoms with Gasteiger partial charge in [0.05, 0.1) is 13.5 Å². The molecule has 7 nitrogen and oxygen atoms in total. The lowest BCUT2D eigenvalue weighted by atomic mass is 9.82. The van der Waals surface area contributed by atoms with E-state index in [2.05, 4.69) is 9.46 Å². The smallest absolute Gasteiger partial charge is 0.307 e. The monoisotopic (exact) mass is 290 g/mol. The van der Waals surface area contributed by atoms with Crippen LogP contribution in [0.5, 0.6) is 0 Å². The third kappa shape index (κ3) is 2.59. The van der Waals surface area contributed by atoms with Crippen LogP contribution in [-0.4, -0.2) is 43.8 Å². The molecule has 2 fully saturated rings. The van der Waals surface area contributed by atoms with Crippen molar-refractivity contribution in [2.45, 2.75) is 44.1 Å². The minimum absolute atomic E-state index is 0.126. The zero-order chi connectivity index (χ0) is 14.1. The highest BCUT2D eigenvalue weighted by Crippen LogP contribution is 2.35. The summed E-state index contributed by atoms with van der Waals surface area (Å²) in [6.07, 6.45) is 3.61. The van der Waals surface area contributed by atoms with Gasteiger partial charge in [0.15, 0.2) is 0 Å². The van der Waals surface area contributed by atoms with Crippen LogP contribution < -0.4 is 4.72 Å². The van der Waals surface area contributed by atoms with E-state index < -0.39 is 27.6 Å². The summed E-state index contributed by atoms with van der Waals surface area (Å²) in [4.78, 5) is 23.4. The molecule has 19 heavy (non-hydrogen) atoms. The Morgan fingerprint density at radius 2 is 2.00 bits per heavy atom. The van der Waals surface area contributed by atoms with E-state index in [1.54, 1.807) is 0 Å². The van der Waals surface area contributed by atoms with Crippen molar-refractivity contribution in [3.05, 3.63) is 0 Å². The molecule has 1 heterocycles. The van der Waals surface area contributed by atoms with Crippen molar-refractivity contribution in [2.75, 3.05) is 13.7 Å². The normalized spacial score (nSPS) is 24.7. The fourth-order valence-corrected chi connectivity index (χ4v) is 4.30. The lowest BCUT2D eigenvalue weighted by Gasteiger charge is -2.29. The highest BCUT2D eigenvalue weighted by Gasteiger charge is 2.54. The standard InChI is InChI=1S/C11H18N2O5S/c1-18-9(14)5-8-13-10(15)11(12-19(13,16)17)6-3-2-4-7-11/h12H,2-8H2,1H3. The number of esters is 1. The van der Waals surface area contributed by atoms with Crippen molar-refractivity contribution in [2.24, 2.45) is 0 Å². The lowest BCUT2D eigenvalue weighted by molar-refractivity contribution is -0.141. The number of methoxy groups -OCH3 is 1. The zero-order valence-electron chi connectivity index (χ0n) is 10.8. The minimum Gasteiger partial charge on any atom is -0.469 e. The molecule has 1 aliphatic heterocycles. The van der Waals surface area contributed by atoms with E-state index in [0.717, 1.165) is 23.6 Å². The van der Waals surface area contributed by atoms with Crippen LogP contribution >= 0.6 is 0 Å². The van der Waals surface area contributed by atoms with Gasteiger partial charge in [-0.3, -0.25) is 9.59 Å². The summed E-state index contributed by atoms with van der Waals surface area (Å²) < 4.78 is 31.7. The highest BCUT2D eigenvalue weighted by atomic mass is 32.2. The number of hydrogen-bond acceptors (Lipinski definition) is 5. The van der Waals surface area contributed by atoms with Gasteiger partial charge in [-0.05, 0) is 12.8 Å². The number of nitrogens with one attached hydrogen (secondary N) is 1. The first kappa shape index (κ1) is 14.3. The lowest BCUT2D eigenvalue weighted by Crippen LogP contribution is -2.48. The van der Waals surface area contributed by atoms with Crippen LogP contribution in [0.1, 0.15) is 38.5 Å². The maximum absolute atomic E-state index is 12.3. The summed E-state index contributed by atoms with van der Waals surface area (Å²) in [5.74, 6) is -0.969. The van der Waals surface area contributed by atoms with Gasteiger partial charge >= 0.3 is 16.2 Å². The molecule has 8 heteroatoms. The van der Waals surface area contributed by atoms with Crippen molar-refractivity contribution < 1.29 is 22.7 Å². The number of carbonyl (C=O) groups excluding carboxylic acids is 2. The molecule has 0 aromatic rings. The fourth-order valence-electron chi connectivity index (χ4n) is 2.68. The molecule has 1 spiro atoms. The van der Waals surface area contributed by atoms with E-state index in [-0.39, 0.29) is 13.0 Å². The van der Waals surface area contributed by atoms with E-state index in [1.165, 1.54) is 7.11 Å². The average Bonchev–Trinajstić information content (AvgIpc) is 2.55. The molecule has 108 valence electrons. The van der Waals surface area contributed by atoms with Crippen LogP contribution in [0.2, 0.25) is 0 Å². The highest BCUT2D eigenvalue weighted by molar-refractivity contribution is 7.88. The number of carbonyl (C=O) groups is 2. The van der Waals surface area contributed by atoms with E-state index in [1.807, 2.05) is 0 Å². The predicted octanol–water partition coefficient (Wildman–Crippen LogP) is -0.0710. The molecule has 1 saturated heterocycles. The molecule has 0 unspecified atom stereocenters. The van der Waals surface area contributed by atoms with Crippen LogP contribution in [0.15, 0.2) is 0 Å². The molecule has 0 atom stereocenters. The first-order valence-corrected chi connectivity index (χ1v) is 7.78. The average molecular weight is 290 g/mol. The Morgan fingerprint density at radius 3 is 2.58 bits per heavy atom. The minimum atomic E-state index is -3.82. The largest absolute Gasteiger partial charge is 0.469 e. The fraction of sp³-hybridized carbons (Fsp3) is 0.818. The molecule has 1 saturated carbocycles. The van der Waals surface area contributed by atoms with Gasteiger partial charge < -0.3 is 4.74 Å². The van der Waals surface area contributed by atoms with Gasteiger partial charge in [-0.2, -0.15) is 13.1 Å². The van der Waals surface area contributed by atoms with Crippen LogP contribution in [0, 0.1) is 0 Å². The first-order valence-electron chi connectivity index (χ1n) is 6.34.